The number of aromatic amines is 1. The summed E-state index contributed by atoms with van der Waals surface area (Å²) in [5.41, 5.74) is -1.22. The largest absolute Gasteiger partial charge is 0.417 e. The number of H-pyrrole nitrogens is 1. The summed E-state index contributed by atoms with van der Waals surface area (Å²) in [5, 5.41) is 9.53. The Bertz CT molecular complexity index is 1100. The van der Waals surface area contributed by atoms with Gasteiger partial charge in [-0.05, 0) is 30.3 Å². The zero-order valence-corrected chi connectivity index (χ0v) is 13.2. The van der Waals surface area contributed by atoms with E-state index < -0.39 is 32.2 Å². The van der Waals surface area contributed by atoms with Gasteiger partial charge >= 0.3 is 6.18 Å². The summed E-state index contributed by atoms with van der Waals surface area (Å²) < 4.78 is 66.3. The number of nitrogens with zero attached hydrogens (tertiary/aromatic N) is 1. The Hall–Kier alpha value is -2.99. The molecule has 128 valence electrons. The Morgan fingerprint density at radius 1 is 1.12 bits per heavy atom. The highest BCUT2D eigenvalue weighted by molar-refractivity contribution is 7.92. The number of hydrogen-bond donors (Lipinski definition) is 2. The van der Waals surface area contributed by atoms with Crippen molar-refractivity contribution in [3.05, 3.63) is 59.8 Å². The topological polar surface area (TPSA) is 85.8 Å². The highest BCUT2D eigenvalue weighted by Crippen LogP contribution is 2.34. The van der Waals surface area contributed by atoms with E-state index >= 15 is 0 Å². The minimum absolute atomic E-state index is 0.209. The highest BCUT2D eigenvalue weighted by atomic mass is 32.2. The lowest BCUT2D eigenvalue weighted by Crippen LogP contribution is -2.15. The number of halogens is 3. The molecule has 0 bridgehead atoms. The lowest BCUT2D eigenvalue weighted by atomic mass is 10.1. The number of nitrogens with one attached hydrogen (secondary N) is 2. The molecule has 2 aromatic carbocycles. The minimum Gasteiger partial charge on any atom is -0.359 e. The molecule has 0 aliphatic rings. The maximum absolute atomic E-state index is 13.0. The van der Waals surface area contributed by atoms with Crippen molar-refractivity contribution >= 4 is 26.6 Å². The first-order valence-corrected chi connectivity index (χ1v) is 8.41. The van der Waals surface area contributed by atoms with Crippen molar-refractivity contribution in [2.45, 2.75) is 11.1 Å². The third-order valence-electron chi connectivity index (χ3n) is 3.56. The first-order valence-electron chi connectivity index (χ1n) is 6.92. The third-order valence-corrected chi connectivity index (χ3v) is 4.92. The van der Waals surface area contributed by atoms with Crippen LogP contribution in [0.5, 0.6) is 0 Å². The molecule has 0 spiro atoms. The van der Waals surface area contributed by atoms with E-state index in [0.717, 1.165) is 17.5 Å². The van der Waals surface area contributed by atoms with Crippen LogP contribution in [0.25, 0.3) is 10.9 Å². The third kappa shape index (κ3) is 3.16. The standard InChI is InChI=1S/C16H10F3N3O2S/c17-16(18,19)13-8-12(5-4-11(13)9-20)25(23,24)22-14-3-1-2-10-6-7-21-15(10)14/h1-8,21-22H. The van der Waals surface area contributed by atoms with Gasteiger partial charge in [0, 0.05) is 11.6 Å². The van der Waals surface area contributed by atoms with Gasteiger partial charge in [0.1, 0.15) is 0 Å². The van der Waals surface area contributed by atoms with Gasteiger partial charge in [-0.1, -0.05) is 12.1 Å². The van der Waals surface area contributed by atoms with E-state index in [-0.39, 0.29) is 5.69 Å². The van der Waals surface area contributed by atoms with Crippen molar-refractivity contribution in [1.29, 1.82) is 5.26 Å². The van der Waals surface area contributed by atoms with Crippen LogP contribution < -0.4 is 4.72 Å². The van der Waals surface area contributed by atoms with Crippen LogP contribution in [0.1, 0.15) is 11.1 Å². The molecule has 2 N–H and O–H groups in total. The fraction of sp³-hybridized carbons (Fsp3) is 0.0625. The number of benzene rings is 2. The Labute approximate surface area is 140 Å². The van der Waals surface area contributed by atoms with Gasteiger partial charge in [-0.3, -0.25) is 4.72 Å². The fourth-order valence-electron chi connectivity index (χ4n) is 2.40. The monoisotopic (exact) mass is 365 g/mol. The number of rotatable bonds is 3. The van der Waals surface area contributed by atoms with E-state index in [1.165, 1.54) is 12.1 Å². The second-order valence-corrected chi connectivity index (χ2v) is 6.85. The van der Waals surface area contributed by atoms with Crippen molar-refractivity contribution in [2.24, 2.45) is 0 Å². The quantitative estimate of drug-likeness (QED) is 0.739. The average Bonchev–Trinajstić information content (AvgIpc) is 3.03. The smallest absolute Gasteiger partial charge is 0.359 e. The van der Waals surface area contributed by atoms with Gasteiger partial charge in [0.25, 0.3) is 10.0 Å². The molecule has 9 heteroatoms. The number of nitriles is 1. The maximum Gasteiger partial charge on any atom is 0.417 e. The molecule has 3 rings (SSSR count). The molecule has 0 saturated carbocycles. The molecular formula is C16H10F3N3O2S. The zero-order valence-electron chi connectivity index (χ0n) is 12.4. The van der Waals surface area contributed by atoms with E-state index in [0.29, 0.717) is 11.6 Å². The van der Waals surface area contributed by atoms with Crippen LogP contribution in [0.3, 0.4) is 0 Å². The van der Waals surface area contributed by atoms with Gasteiger partial charge in [0.05, 0.1) is 33.3 Å². The van der Waals surface area contributed by atoms with Crippen molar-refractivity contribution in [3.8, 4) is 6.07 Å². The molecule has 5 nitrogen and oxygen atoms in total. The fourth-order valence-corrected chi connectivity index (χ4v) is 3.49. The van der Waals surface area contributed by atoms with Crippen molar-refractivity contribution in [2.75, 3.05) is 4.72 Å². The van der Waals surface area contributed by atoms with Crippen molar-refractivity contribution in [3.63, 3.8) is 0 Å². The number of para-hydroxylation sites is 1. The van der Waals surface area contributed by atoms with Gasteiger partial charge in [-0.2, -0.15) is 18.4 Å². The molecule has 25 heavy (non-hydrogen) atoms. The molecule has 0 atom stereocenters. The molecule has 0 amide bonds. The minimum atomic E-state index is -4.84. The summed E-state index contributed by atoms with van der Waals surface area (Å²) in [6.45, 7) is 0. The first-order chi connectivity index (χ1) is 11.7. The van der Waals surface area contributed by atoms with Crippen LogP contribution in [0.2, 0.25) is 0 Å². The molecule has 0 radical (unpaired) electrons. The number of alkyl halides is 3. The van der Waals surface area contributed by atoms with Crippen LogP contribution >= 0.6 is 0 Å². The molecule has 0 aliphatic heterocycles. The van der Waals surface area contributed by atoms with Crippen LogP contribution in [0, 0.1) is 11.3 Å². The van der Waals surface area contributed by atoms with Crippen LogP contribution in [-0.4, -0.2) is 13.4 Å². The predicted octanol–water partition coefficient (Wildman–Crippen LogP) is 3.86. The van der Waals surface area contributed by atoms with Gasteiger partial charge in [0.2, 0.25) is 0 Å². The van der Waals surface area contributed by atoms with Crippen LogP contribution in [0.4, 0.5) is 18.9 Å². The summed E-state index contributed by atoms with van der Waals surface area (Å²) in [5.74, 6) is 0. The van der Waals surface area contributed by atoms with Crippen LogP contribution in [0.15, 0.2) is 53.6 Å². The molecule has 3 aromatic rings. The Morgan fingerprint density at radius 2 is 1.88 bits per heavy atom. The number of sulfonamides is 1. The maximum atomic E-state index is 13.0. The van der Waals surface area contributed by atoms with Crippen molar-refractivity contribution in [1.82, 2.24) is 4.98 Å². The SMILES string of the molecule is N#Cc1ccc(S(=O)(=O)Nc2cccc3cc[nH]c23)cc1C(F)(F)F. The second kappa shape index (κ2) is 5.82. The zero-order chi connectivity index (χ0) is 18.2. The summed E-state index contributed by atoms with van der Waals surface area (Å²) in [6, 6.07) is 10.3. The van der Waals surface area contributed by atoms with Crippen molar-refractivity contribution < 1.29 is 21.6 Å². The normalized spacial score (nSPS) is 12.1. The number of aromatic nitrogens is 1. The first kappa shape index (κ1) is 16.9. The molecule has 1 heterocycles. The van der Waals surface area contributed by atoms with Gasteiger partial charge in [-0.25, -0.2) is 8.42 Å². The molecule has 0 saturated heterocycles. The van der Waals surface area contributed by atoms with E-state index in [1.54, 1.807) is 24.4 Å². The molecule has 0 fully saturated rings. The molecule has 0 unspecified atom stereocenters. The van der Waals surface area contributed by atoms with Crippen LogP contribution in [-0.2, 0) is 16.2 Å². The van der Waals surface area contributed by atoms with E-state index in [1.807, 2.05) is 0 Å². The Morgan fingerprint density at radius 3 is 2.56 bits per heavy atom. The second-order valence-electron chi connectivity index (χ2n) is 5.17. The lowest BCUT2D eigenvalue weighted by molar-refractivity contribution is -0.137. The molecule has 1 aromatic heterocycles. The van der Waals surface area contributed by atoms with Gasteiger partial charge < -0.3 is 4.98 Å². The van der Waals surface area contributed by atoms with Gasteiger partial charge in [0.15, 0.2) is 0 Å². The number of hydrogen-bond acceptors (Lipinski definition) is 3. The van der Waals surface area contributed by atoms with E-state index in [9.17, 15) is 21.6 Å². The molecular weight excluding hydrogens is 355 g/mol. The number of fused-ring (bicyclic) bond motifs is 1. The Balaban J connectivity index is 2.06. The summed E-state index contributed by atoms with van der Waals surface area (Å²) in [4.78, 5) is 2.28. The number of anilines is 1. The summed E-state index contributed by atoms with van der Waals surface area (Å²) >= 11 is 0. The summed E-state index contributed by atoms with van der Waals surface area (Å²) in [6.07, 6.45) is -3.22. The van der Waals surface area contributed by atoms with E-state index in [2.05, 4.69) is 9.71 Å². The van der Waals surface area contributed by atoms with E-state index in [4.69, 9.17) is 5.26 Å². The highest BCUT2D eigenvalue weighted by Gasteiger charge is 2.35. The summed E-state index contributed by atoms with van der Waals surface area (Å²) in [7, 11) is -4.27. The predicted molar refractivity (Wildman–Crippen MR) is 85.3 cm³/mol. The lowest BCUT2D eigenvalue weighted by Gasteiger charge is -2.13. The Kier molecular flexibility index (Phi) is 3.93. The average molecular weight is 365 g/mol. The molecule has 0 aliphatic carbocycles. The van der Waals surface area contributed by atoms with Gasteiger partial charge in [-0.15, -0.1) is 0 Å².